The molecule has 1 heterocycles. The quantitative estimate of drug-likeness (QED) is 0.696. The Morgan fingerprint density at radius 1 is 1.33 bits per heavy atom. The molecule has 0 saturated heterocycles. The maximum Gasteiger partial charge on any atom is 0.139 e. The van der Waals surface area contributed by atoms with Crippen LogP contribution in [0.15, 0.2) is 16.9 Å². The Balaban J connectivity index is 3.26. The minimum Gasteiger partial charge on any atom is -0.263 e. The van der Waals surface area contributed by atoms with Crippen LogP contribution in [0.1, 0.15) is 0 Å². The molecule has 12 heavy (non-hydrogen) atoms. The molecule has 1 aromatic heterocycles. The summed E-state index contributed by atoms with van der Waals surface area (Å²) in [6, 6.07) is 0. The number of rotatable bonds is 1. The summed E-state index contributed by atoms with van der Waals surface area (Å²) in [5.41, 5.74) is 0. The van der Waals surface area contributed by atoms with Crippen LogP contribution in [0.4, 0.5) is 4.39 Å². The molecule has 0 aromatic carbocycles. The highest BCUT2D eigenvalue weighted by Crippen LogP contribution is 2.14. The molecular formula is C8H11BrFNSi. The van der Waals surface area contributed by atoms with Crippen LogP contribution in [0.5, 0.6) is 0 Å². The van der Waals surface area contributed by atoms with Gasteiger partial charge in [0.2, 0.25) is 0 Å². The summed E-state index contributed by atoms with van der Waals surface area (Å²) in [6.45, 7) is 6.29. The van der Waals surface area contributed by atoms with E-state index in [-0.39, 0.29) is 5.82 Å². The van der Waals surface area contributed by atoms with E-state index < -0.39 is 8.07 Å². The first-order valence-electron chi connectivity index (χ1n) is 3.72. The fourth-order valence-electron chi connectivity index (χ4n) is 0.942. The van der Waals surface area contributed by atoms with E-state index in [1.165, 1.54) is 6.20 Å². The molecule has 0 unspecified atom stereocenters. The average molecular weight is 248 g/mol. The van der Waals surface area contributed by atoms with E-state index in [4.69, 9.17) is 0 Å². The van der Waals surface area contributed by atoms with Crippen molar-refractivity contribution in [3.05, 3.63) is 22.7 Å². The lowest BCUT2D eigenvalue weighted by Crippen LogP contribution is -2.40. The molecule has 0 aliphatic rings. The van der Waals surface area contributed by atoms with Crippen LogP contribution in [0, 0.1) is 5.82 Å². The monoisotopic (exact) mass is 247 g/mol. The smallest absolute Gasteiger partial charge is 0.139 e. The second-order valence-electron chi connectivity index (χ2n) is 3.73. The summed E-state index contributed by atoms with van der Waals surface area (Å²) in [7, 11) is -1.58. The van der Waals surface area contributed by atoms with E-state index in [0.29, 0.717) is 4.47 Å². The van der Waals surface area contributed by atoms with E-state index in [2.05, 4.69) is 40.6 Å². The first kappa shape index (κ1) is 9.86. The molecule has 0 saturated carbocycles. The van der Waals surface area contributed by atoms with Crippen LogP contribution in [0.2, 0.25) is 19.6 Å². The van der Waals surface area contributed by atoms with Crippen LogP contribution in [0.3, 0.4) is 0 Å². The molecule has 0 amide bonds. The second kappa shape index (κ2) is 3.26. The SMILES string of the molecule is C[Si](C)(C)c1cncc(Br)c1F. The Morgan fingerprint density at radius 2 is 1.92 bits per heavy atom. The Bertz CT molecular complexity index is 296. The molecule has 0 N–H and O–H groups in total. The third-order valence-electron chi connectivity index (χ3n) is 1.65. The highest BCUT2D eigenvalue weighted by Gasteiger charge is 2.22. The Hall–Kier alpha value is -0.223. The van der Waals surface area contributed by atoms with E-state index in [1.807, 2.05) is 0 Å². The van der Waals surface area contributed by atoms with E-state index in [9.17, 15) is 4.39 Å². The van der Waals surface area contributed by atoms with Crippen LogP contribution < -0.4 is 5.19 Å². The van der Waals surface area contributed by atoms with Crippen LogP contribution in [0.25, 0.3) is 0 Å². The fourth-order valence-corrected chi connectivity index (χ4v) is 2.71. The van der Waals surface area contributed by atoms with Gasteiger partial charge in [0.05, 0.1) is 12.5 Å². The van der Waals surface area contributed by atoms with Gasteiger partial charge in [-0.25, -0.2) is 4.39 Å². The molecule has 0 aliphatic heterocycles. The van der Waals surface area contributed by atoms with E-state index >= 15 is 0 Å². The lowest BCUT2D eigenvalue weighted by Gasteiger charge is -2.16. The highest BCUT2D eigenvalue weighted by atomic mass is 79.9. The predicted octanol–water partition coefficient (Wildman–Crippen LogP) is 2.53. The van der Waals surface area contributed by atoms with Crippen molar-refractivity contribution in [2.45, 2.75) is 19.6 Å². The first-order chi connectivity index (χ1) is 5.43. The number of aromatic nitrogens is 1. The summed E-state index contributed by atoms with van der Waals surface area (Å²) in [6.07, 6.45) is 3.12. The van der Waals surface area contributed by atoms with Gasteiger partial charge in [-0.1, -0.05) is 19.6 Å². The number of pyridine rings is 1. The molecular weight excluding hydrogens is 237 g/mol. The Morgan fingerprint density at radius 3 is 2.33 bits per heavy atom. The summed E-state index contributed by atoms with van der Waals surface area (Å²) in [5, 5.41) is 0.775. The van der Waals surface area contributed by atoms with Crippen LogP contribution in [-0.2, 0) is 0 Å². The molecule has 1 rings (SSSR count). The largest absolute Gasteiger partial charge is 0.263 e. The molecule has 0 aliphatic carbocycles. The molecule has 0 radical (unpaired) electrons. The minimum absolute atomic E-state index is 0.149. The zero-order valence-electron chi connectivity index (χ0n) is 7.36. The molecule has 0 spiro atoms. The lowest BCUT2D eigenvalue weighted by atomic mass is 10.5. The van der Waals surface area contributed by atoms with Crippen molar-refractivity contribution in [2.24, 2.45) is 0 Å². The number of halogens is 2. The summed E-state index contributed by atoms with van der Waals surface area (Å²) in [4.78, 5) is 3.96. The van der Waals surface area contributed by atoms with Gasteiger partial charge in [-0.05, 0) is 21.1 Å². The Labute approximate surface area is 81.2 Å². The second-order valence-corrected chi connectivity index (χ2v) is 9.63. The maximum atomic E-state index is 13.4. The molecule has 1 aromatic rings. The predicted molar refractivity (Wildman–Crippen MR) is 54.9 cm³/mol. The van der Waals surface area contributed by atoms with Crippen molar-refractivity contribution in [3.8, 4) is 0 Å². The van der Waals surface area contributed by atoms with Gasteiger partial charge in [0.25, 0.3) is 0 Å². The van der Waals surface area contributed by atoms with Crippen molar-refractivity contribution in [3.63, 3.8) is 0 Å². The van der Waals surface area contributed by atoms with Crippen molar-refractivity contribution >= 4 is 29.2 Å². The van der Waals surface area contributed by atoms with Gasteiger partial charge in [0.15, 0.2) is 0 Å². The van der Waals surface area contributed by atoms with Gasteiger partial charge in [-0.3, -0.25) is 4.98 Å². The van der Waals surface area contributed by atoms with E-state index in [0.717, 1.165) is 5.19 Å². The van der Waals surface area contributed by atoms with Crippen molar-refractivity contribution in [2.75, 3.05) is 0 Å². The summed E-state index contributed by atoms with van der Waals surface area (Å²) in [5.74, 6) is -0.149. The number of nitrogens with zero attached hydrogens (tertiary/aromatic N) is 1. The van der Waals surface area contributed by atoms with Gasteiger partial charge in [0, 0.05) is 12.4 Å². The average Bonchev–Trinajstić information content (AvgIpc) is 1.92. The molecule has 1 nitrogen and oxygen atoms in total. The zero-order valence-corrected chi connectivity index (χ0v) is 9.94. The first-order valence-corrected chi connectivity index (χ1v) is 8.01. The molecule has 0 bridgehead atoms. The molecule has 4 heteroatoms. The third kappa shape index (κ3) is 1.93. The lowest BCUT2D eigenvalue weighted by molar-refractivity contribution is 0.626. The van der Waals surface area contributed by atoms with Gasteiger partial charge in [-0.15, -0.1) is 0 Å². The molecule has 66 valence electrons. The normalized spacial score (nSPS) is 11.8. The minimum atomic E-state index is -1.58. The topological polar surface area (TPSA) is 12.9 Å². The summed E-state index contributed by atoms with van der Waals surface area (Å²) >= 11 is 3.12. The standard InChI is InChI=1S/C8H11BrFNSi/c1-12(2,3)7-5-11-4-6(9)8(7)10/h4-5H,1-3H3. The van der Waals surface area contributed by atoms with Crippen molar-refractivity contribution < 1.29 is 4.39 Å². The van der Waals surface area contributed by atoms with Gasteiger partial charge >= 0.3 is 0 Å². The third-order valence-corrected chi connectivity index (χ3v) is 4.16. The van der Waals surface area contributed by atoms with Gasteiger partial charge in [-0.2, -0.15) is 0 Å². The number of hydrogen-bond acceptors (Lipinski definition) is 1. The number of hydrogen-bond donors (Lipinski definition) is 0. The van der Waals surface area contributed by atoms with Crippen LogP contribution in [-0.4, -0.2) is 13.1 Å². The molecule has 0 fully saturated rings. The zero-order chi connectivity index (χ0) is 9.35. The van der Waals surface area contributed by atoms with Crippen molar-refractivity contribution in [1.29, 1.82) is 0 Å². The fraction of sp³-hybridized carbons (Fsp3) is 0.375. The Kier molecular flexibility index (Phi) is 2.68. The van der Waals surface area contributed by atoms with Crippen LogP contribution >= 0.6 is 15.9 Å². The highest BCUT2D eigenvalue weighted by molar-refractivity contribution is 9.10. The van der Waals surface area contributed by atoms with Crippen molar-refractivity contribution in [1.82, 2.24) is 4.98 Å². The maximum absolute atomic E-state index is 13.4. The van der Waals surface area contributed by atoms with Gasteiger partial charge < -0.3 is 0 Å². The van der Waals surface area contributed by atoms with Gasteiger partial charge in [0.1, 0.15) is 5.82 Å². The molecule has 0 atom stereocenters. The summed E-state index contributed by atoms with van der Waals surface area (Å²) < 4.78 is 13.9. The van der Waals surface area contributed by atoms with E-state index in [1.54, 1.807) is 6.20 Å².